The van der Waals surface area contributed by atoms with Crippen LogP contribution < -0.4 is 11.5 Å². The van der Waals surface area contributed by atoms with Crippen molar-refractivity contribution in [3.8, 4) is 0 Å². The highest BCUT2D eigenvalue weighted by Crippen LogP contribution is 2.00. The Kier molecular flexibility index (Phi) is 14.1. The van der Waals surface area contributed by atoms with Gasteiger partial charge in [-0.2, -0.15) is 0 Å². The number of hydrogen-bond donors (Lipinski definition) is 2. The molecule has 0 heterocycles. The smallest absolute Gasteiger partial charge is 0.000653 e. The molecule has 0 saturated carbocycles. The molecule has 0 unspecified atom stereocenters. The third-order valence-electron chi connectivity index (χ3n) is 3.39. The second-order valence-corrected chi connectivity index (χ2v) is 5.32. The van der Waals surface area contributed by atoms with Crippen LogP contribution >= 0.6 is 0 Å². The lowest BCUT2D eigenvalue weighted by Gasteiger charge is -2.25. The third kappa shape index (κ3) is 11.4. The van der Waals surface area contributed by atoms with Crippen LogP contribution in [-0.2, 0) is 0 Å². The summed E-state index contributed by atoms with van der Waals surface area (Å²) in [5, 5.41) is 0. The van der Waals surface area contributed by atoms with Crippen molar-refractivity contribution in [2.75, 3.05) is 52.4 Å². The Balaban J connectivity index is 3.85. The van der Waals surface area contributed by atoms with Crippen molar-refractivity contribution in [1.82, 2.24) is 9.80 Å². The SMILES string of the molecule is CCCN(CCC)CCCN(CCCN)CCCN. The maximum atomic E-state index is 5.60. The zero-order valence-corrected chi connectivity index (χ0v) is 13.2. The lowest BCUT2D eigenvalue weighted by Crippen LogP contribution is -2.33. The Labute approximate surface area is 120 Å². The van der Waals surface area contributed by atoms with Gasteiger partial charge in [-0.3, -0.25) is 0 Å². The van der Waals surface area contributed by atoms with Crippen LogP contribution in [0.25, 0.3) is 0 Å². The highest BCUT2D eigenvalue weighted by Gasteiger charge is 2.06. The van der Waals surface area contributed by atoms with Crippen LogP contribution in [0, 0.1) is 0 Å². The zero-order chi connectivity index (χ0) is 14.3. The highest BCUT2D eigenvalue weighted by molar-refractivity contribution is 4.63. The molecule has 0 radical (unpaired) electrons. The largest absolute Gasteiger partial charge is 0.330 e. The fraction of sp³-hybridized carbons (Fsp3) is 1.00. The average Bonchev–Trinajstić information content (AvgIpc) is 2.41. The molecule has 116 valence electrons. The van der Waals surface area contributed by atoms with Crippen molar-refractivity contribution in [1.29, 1.82) is 0 Å². The molecule has 0 fully saturated rings. The van der Waals surface area contributed by atoms with E-state index in [2.05, 4.69) is 23.6 Å². The molecule has 0 atom stereocenters. The van der Waals surface area contributed by atoms with Crippen LogP contribution in [-0.4, -0.2) is 62.2 Å². The number of rotatable bonds is 14. The van der Waals surface area contributed by atoms with E-state index in [0.29, 0.717) is 0 Å². The van der Waals surface area contributed by atoms with Crippen LogP contribution in [0.5, 0.6) is 0 Å². The van der Waals surface area contributed by atoms with E-state index in [1.165, 1.54) is 45.4 Å². The van der Waals surface area contributed by atoms with Crippen molar-refractivity contribution in [3.05, 3.63) is 0 Å². The summed E-state index contributed by atoms with van der Waals surface area (Å²) in [5.74, 6) is 0. The van der Waals surface area contributed by atoms with Crippen LogP contribution in [0.1, 0.15) is 46.0 Å². The van der Waals surface area contributed by atoms with E-state index in [4.69, 9.17) is 11.5 Å². The summed E-state index contributed by atoms with van der Waals surface area (Å²) < 4.78 is 0. The predicted octanol–water partition coefficient (Wildman–Crippen LogP) is 1.50. The quantitative estimate of drug-likeness (QED) is 0.503. The van der Waals surface area contributed by atoms with Crippen LogP contribution in [0.15, 0.2) is 0 Å². The number of nitrogens with two attached hydrogens (primary N) is 2. The van der Waals surface area contributed by atoms with Crippen LogP contribution in [0.2, 0.25) is 0 Å². The summed E-state index contributed by atoms with van der Waals surface area (Å²) in [6.07, 6.45) is 5.96. The predicted molar refractivity (Wildman–Crippen MR) is 85.4 cm³/mol. The van der Waals surface area contributed by atoms with Gasteiger partial charge in [-0.25, -0.2) is 0 Å². The molecule has 0 saturated heterocycles. The van der Waals surface area contributed by atoms with Gasteiger partial charge in [0.05, 0.1) is 0 Å². The van der Waals surface area contributed by atoms with Gasteiger partial charge in [0.25, 0.3) is 0 Å². The Morgan fingerprint density at radius 2 is 0.947 bits per heavy atom. The Hall–Kier alpha value is -0.160. The van der Waals surface area contributed by atoms with Gasteiger partial charge in [-0.05, 0) is 84.5 Å². The van der Waals surface area contributed by atoms with E-state index in [-0.39, 0.29) is 0 Å². The second-order valence-electron chi connectivity index (χ2n) is 5.32. The average molecular weight is 272 g/mol. The van der Waals surface area contributed by atoms with E-state index >= 15 is 0 Å². The summed E-state index contributed by atoms with van der Waals surface area (Å²) >= 11 is 0. The monoisotopic (exact) mass is 272 g/mol. The molecule has 0 aromatic rings. The summed E-state index contributed by atoms with van der Waals surface area (Å²) in [6.45, 7) is 13.2. The summed E-state index contributed by atoms with van der Waals surface area (Å²) in [7, 11) is 0. The normalized spacial score (nSPS) is 11.7. The molecule has 0 bridgehead atoms. The molecule has 0 aromatic heterocycles. The fourth-order valence-corrected chi connectivity index (χ4v) is 2.45. The topological polar surface area (TPSA) is 58.5 Å². The van der Waals surface area contributed by atoms with Crippen molar-refractivity contribution >= 4 is 0 Å². The standard InChI is InChI=1S/C15H36N4/c1-3-10-18(11-4-2)14-7-15-19(12-5-8-16)13-6-9-17/h3-17H2,1-2H3. The maximum Gasteiger partial charge on any atom is -0.000653 e. The lowest BCUT2D eigenvalue weighted by molar-refractivity contribution is 0.224. The van der Waals surface area contributed by atoms with Crippen molar-refractivity contribution in [2.45, 2.75) is 46.0 Å². The fourth-order valence-electron chi connectivity index (χ4n) is 2.45. The van der Waals surface area contributed by atoms with E-state index in [1.54, 1.807) is 0 Å². The third-order valence-corrected chi connectivity index (χ3v) is 3.39. The minimum absolute atomic E-state index is 0.789. The van der Waals surface area contributed by atoms with Gasteiger partial charge in [-0.1, -0.05) is 13.8 Å². The lowest BCUT2D eigenvalue weighted by atomic mass is 10.2. The molecule has 0 aliphatic carbocycles. The van der Waals surface area contributed by atoms with Crippen LogP contribution in [0.4, 0.5) is 0 Å². The van der Waals surface area contributed by atoms with Gasteiger partial charge in [0.1, 0.15) is 0 Å². The molecule has 4 heteroatoms. The molecule has 4 N–H and O–H groups in total. The van der Waals surface area contributed by atoms with E-state index < -0.39 is 0 Å². The van der Waals surface area contributed by atoms with Gasteiger partial charge < -0.3 is 21.3 Å². The first kappa shape index (κ1) is 18.8. The van der Waals surface area contributed by atoms with Gasteiger partial charge in [-0.15, -0.1) is 0 Å². The van der Waals surface area contributed by atoms with Crippen molar-refractivity contribution in [3.63, 3.8) is 0 Å². The molecular formula is C15H36N4. The number of nitrogens with zero attached hydrogens (tertiary/aromatic N) is 2. The van der Waals surface area contributed by atoms with Gasteiger partial charge in [0.2, 0.25) is 0 Å². The first-order chi connectivity index (χ1) is 9.28. The molecule has 19 heavy (non-hydrogen) atoms. The summed E-state index contributed by atoms with van der Waals surface area (Å²) in [6, 6.07) is 0. The second kappa shape index (κ2) is 14.3. The molecule has 0 aromatic carbocycles. The van der Waals surface area contributed by atoms with Gasteiger partial charge in [0.15, 0.2) is 0 Å². The van der Waals surface area contributed by atoms with E-state index in [9.17, 15) is 0 Å². The van der Waals surface area contributed by atoms with Gasteiger partial charge >= 0.3 is 0 Å². The number of hydrogen-bond acceptors (Lipinski definition) is 4. The van der Waals surface area contributed by atoms with Crippen molar-refractivity contribution < 1.29 is 0 Å². The van der Waals surface area contributed by atoms with E-state index in [0.717, 1.165) is 39.0 Å². The summed E-state index contributed by atoms with van der Waals surface area (Å²) in [4.78, 5) is 5.11. The highest BCUT2D eigenvalue weighted by atomic mass is 15.1. The zero-order valence-electron chi connectivity index (χ0n) is 13.2. The Morgan fingerprint density at radius 3 is 1.32 bits per heavy atom. The minimum atomic E-state index is 0.789. The maximum absolute atomic E-state index is 5.60. The molecule has 4 nitrogen and oxygen atoms in total. The molecule has 0 aliphatic rings. The molecule has 0 amide bonds. The Morgan fingerprint density at radius 1 is 0.579 bits per heavy atom. The summed E-state index contributed by atoms with van der Waals surface area (Å²) in [5.41, 5.74) is 11.2. The minimum Gasteiger partial charge on any atom is -0.330 e. The van der Waals surface area contributed by atoms with Crippen LogP contribution in [0.3, 0.4) is 0 Å². The Bertz CT molecular complexity index is 162. The van der Waals surface area contributed by atoms with Gasteiger partial charge in [0, 0.05) is 0 Å². The molecular weight excluding hydrogens is 236 g/mol. The molecule has 0 rings (SSSR count). The van der Waals surface area contributed by atoms with E-state index in [1.807, 2.05) is 0 Å². The van der Waals surface area contributed by atoms with Crippen molar-refractivity contribution in [2.24, 2.45) is 11.5 Å². The molecule has 0 aliphatic heterocycles. The molecule has 0 spiro atoms. The first-order valence-corrected chi connectivity index (χ1v) is 8.13. The first-order valence-electron chi connectivity index (χ1n) is 8.13.